The van der Waals surface area contributed by atoms with Crippen molar-refractivity contribution in [1.82, 2.24) is 5.32 Å². The summed E-state index contributed by atoms with van der Waals surface area (Å²) in [5.74, 6) is -1.11. The molecule has 0 aliphatic heterocycles. The molecule has 1 unspecified atom stereocenters. The summed E-state index contributed by atoms with van der Waals surface area (Å²) in [5.41, 5.74) is 1.68. The van der Waals surface area contributed by atoms with Crippen molar-refractivity contribution in [2.45, 2.75) is 13.0 Å². The van der Waals surface area contributed by atoms with Crippen LogP contribution in [-0.4, -0.2) is 40.9 Å². The van der Waals surface area contributed by atoms with Gasteiger partial charge in [0.15, 0.2) is 0 Å². The lowest BCUT2D eigenvalue weighted by Crippen LogP contribution is -2.38. The predicted molar refractivity (Wildman–Crippen MR) is 85.5 cm³/mol. The molecule has 8 heteroatoms. The van der Waals surface area contributed by atoms with E-state index in [-0.39, 0.29) is 17.4 Å². The summed E-state index contributed by atoms with van der Waals surface area (Å²) in [5, 5.41) is 13.7. The first kappa shape index (κ1) is 17.5. The van der Waals surface area contributed by atoms with Crippen molar-refractivity contribution in [3.63, 3.8) is 0 Å². The van der Waals surface area contributed by atoms with Gasteiger partial charge in [0.2, 0.25) is 12.3 Å². The molecule has 2 amide bonds. The van der Waals surface area contributed by atoms with Gasteiger partial charge in [-0.1, -0.05) is 15.9 Å². The molecule has 1 aromatic carbocycles. The molecule has 3 N–H and O–H groups in total. The quantitative estimate of drug-likeness (QED) is 0.601. The molecule has 6 nitrogen and oxygen atoms in total. The molecule has 0 aliphatic carbocycles. The van der Waals surface area contributed by atoms with Crippen molar-refractivity contribution in [2.24, 2.45) is 0 Å². The standard InChI is InChI=1S/C13H15BrN2O4S/c1-8-4-9(2-3-10(8)14)16-12(18)6-21-5-11(13(19)20)15-7-17/h2-4,7,11H,5-6H2,1H3,(H,15,17)(H,16,18)(H,19,20). The normalized spacial score (nSPS) is 11.5. The molecular formula is C13H15BrN2O4S. The van der Waals surface area contributed by atoms with E-state index in [9.17, 15) is 14.4 Å². The summed E-state index contributed by atoms with van der Waals surface area (Å²) < 4.78 is 0.958. The second-order valence-corrected chi connectivity index (χ2v) is 6.09. The Labute approximate surface area is 134 Å². The van der Waals surface area contributed by atoms with Crippen molar-refractivity contribution in [3.8, 4) is 0 Å². The van der Waals surface area contributed by atoms with Crippen LogP contribution in [0.1, 0.15) is 5.56 Å². The lowest BCUT2D eigenvalue weighted by molar-refractivity contribution is -0.139. The molecule has 0 saturated heterocycles. The summed E-state index contributed by atoms with van der Waals surface area (Å²) in [6.07, 6.45) is 0.337. The fourth-order valence-corrected chi connectivity index (χ4v) is 2.56. The Hall–Kier alpha value is -1.54. The number of hydrogen-bond donors (Lipinski definition) is 3. The molecule has 0 aliphatic rings. The van der Waals surface area contributed by atoms with E-state index in [1.165, 1.54) is 0 Å². The van der Waals surface area contributed by atoms with Crippen LogP contribution in [0.25, 0.3) is 0 Å². The number of amides is 2. The molecule has 0 saturated carbocycles. The fourth-order valence-electron chi connectivity index (χ4n) is 1.46. The van der Waals surface area contributed by atoms with Crippen LogP contribution < -0.4 is 10.6 Å². The lowest BCUT2D eigenvalue weighted by Gasteiger charge is -2.11. The summed E-state index contributed by atoms with van der Waals surface area (Å²) in [6.45, 7) is 1.91. The average Bonchev–Trinajstić information content (AvgIpc) is 2.42. The van der Waals surface area contributed by atoms with E-state index in [0.717, 1.165) is 21.8 Å². The molecule has 0 spiro atoms. The number of nitrogens with one attached hydrogen (secondary N) is 2. The maximum absolute atomic E-state index is 11.7. The predicted octanol–water partition coefficient (Wildman–Crippen LogP) is 1.63. The number of carboxylic acids is 1. The third-order valence-electron chi connectivity index (χ3n) is 2.53. The van der Waals surface area contributed by atoms with Gasteiger partial charge in [0.25, 0.3) is 0 Å². The van der Waals surface area contributed by atoms with E-state index in [2.05, 4.69) is 26.6 Å². The number of anilines is 1. The minimum atomic E-state index is -1.13. The molecule has 1 rings (SSSR count). The number of carbonyl (C=O) groups is 3. The molecule has 1 atom stereocenters. The molecule has 21 heavy (non-hydrogen) atoms. The van der Waals surface area contributed by atoms with Gasteiger partial charge < -0.3 is 15.7 Å². The van der Waals surface area contributed by atoms with Crippen molar-refractivity contribution in [2.75, 3.05) is 16.8 Å². The average molecular weight is 375 g/mol. The largest absolute Gasteiger partial charge is 0.480 e. The smallest absolute Gasteiger partial charge is 0.327 e. The first-order valence-corrected chi connectivity index (χ1v) is 7.95. The Morgan fingerprint density at radius 3 is 2.76 bits per heavy atom. The van der Waals surface area contributed by atoms with Crippen LogP contribution in [0.15, 0.2) is 22.7 Å². The second kappa shape index (κ2) is 8.68. The maximum Gasteiger partial charge on any atom is 0.327 e. The van der Waals surface area contributed by atoms with Gasteiger partial charge in [-0.25, -0.2) is 4.79 Å². The topological polar surface area (TPSA) is 95.5 Å². The van der Waals surface area contributed by atoms with Crippen molar-refractivity contribution >= 4 is 51.7 Å². The lowest BCUT2D eigenvalue weighted by atomic mass is 10.2. The van der Waals surface area contributed by atoms with Gasteiger partial charge in [-0.2, -0.15) is 0 Å². The van der Waals surface area contributed by atoms with Crippen LogP contribution in [-0.2, 0) is 14.4 Å². The number of halogens is 1. The van der Waals surface area contributed by atoms with Gasteiger partial charge in [0.05, 0.1) is 5.75 Å². The first-order chi connectivity index (χ1) is 9.93. The van der Waals surface area contributed by atoms with Gasteiger partial charge in [0, 0.05) is 15.9 Å². The Morgan fingerprint density at radius 1 is 1.48 bits per heavy atom. The summed E-state index contributed by atoms with van der Waals surface area (Å²) in [6, 6.07) is 4.45. The van der Waals surface area contributed by atoms with Crippen LogP contribution in [0.2, 0.25) is 0 Å². The molecule has 0 aromatic heterocycles. The minimum absolute atomic E-state index is 0.111. The number of carboxylic acid groups (broad SMARTS) is 1. The summed E-state index contributed by atoms with van der Waals surface area (Å²) >= 11 is 4.51. The summed E-state index contributed by atoms with van der Waals surface area (Å²) in [4.78, 5) is 32.8. The van der Waals surface area contributed by atoms with Crippen molar-refractivity contribution in [1.29, 1.82) is 0 Å². The number of rotatable bonds is 8. The third kappa shape index (κ3) is 6.17. The third-order valence-corrected chi connectivity index (χ3v) is 4.45. The van der Waals surface area contributed by atoms with Crippen LogP contribution in [0.3, 0.4) is 0 Å². The highest BCUT2D eigenvalue weighted by Gasteiger charge is 2.16. The van der Waals surface area contributed by atoms with E-state index < -0.39 is 12.0 Å². The van der Waals surface area contributed by atoms with Crippen molar-refractivity contribution < 1.29 is 19.5 Å². The summed E-state index contributed by atoms with van der Waals surface area (Å²) in [7, 11) is 0. The first-order valence-electron chi connectivity index (χ1n) is 6.00. The van der Waals surface area contributed by atoms with Gasteiger partial charge in [-0.3, -0.25) is 9.59 Å². The monoisotopic (exact) mass is 374 g/mol. The minimum Gasteiger partial charge on any atom is -0.480 e. The van der Waals surface area contributed by atoms with Crippen LogP contribution in [0.5, 0.6) is 0 Å². The number of aryl methyl sites for hydroxylation is 1. The molecule has 0 radical (unpaired) electrons. The van der Waals surface area contributed by atoms with Gasteiger partial charge >= 0.3 is 5.97 Å². The molecule has 1 aromatic rings. The van der Waals surface area contributed by atoms with Crippen LogP contribution >= 0.6 is 27.7 Å². The van der Waals surface area contributed by atoms with E-state index in [1.54, 1.807) is 6.07 Å². The van der Waals surface area contributed by atoms with Gasteiger partial charge in [0.1, 0.15) is 6.04 Å². The van der Waals surface area contributed by atoms with Crippen LogP contribution in [0, 0.1) is 6.92 Å². The highest BCUT2D eigenvalue weighted by atomic mass is 79.9. The van der Waals surface area contributed by atoms with Crippen LogP contribution in [0.4, 0.5) is 5.69 Å². The Balaban J connectivity index is 2.41. The Morgan fingerprint density at radius 2 is 2.19 bits per heavy atom. The molecule has 0 heterocycles. The number of hydrogen-bond acceptors (Lipinski definition) is 4. The van der Waals surface area contributed by atoms with Gasteiger partial charge in [-0.05, 0) is 30.7 Å². The fraction of sp³-hybridized carbons (Fsp3) is 0.308. The highest BCUT2D eigenvalue weighted by Crippen LogP contribution is 2.20. The molecule has 0 bridgehead atoms. The zero-order chi connectivity index (χ0) is 15.8. The molecular weight excluding hydrogens is 360 g/mol. The van der Waals surface area contributed by atoms with Crippen molar-refractivity contribution in [3.05, 3.63) is 28.2 Å². The second-order valence-electron chi connectivity index (χ2n) is 4.20. The molecule has 114 valence electrons. The SMILES string of the molecule is Cc1cc(NC(=O)CSCC(NC=O)C(=O)O)ccc1Br. The maximum atomic E-state index is 11.7. The van der Waals surface area contributed by atoms with E-state index in [0.29, 0.717) is 12.1 Å². The Kier molecular flexibility index (Phi) is 7.24. The number of benzene rings is 1. The molecule has 0 fully saturated rings. The van der Waals surface area contributed by atoms with Gasteiger partial charge in [-0.15, -0.1) is 11.8 Å². The number of thioether (sulfide) groups is 1. The zero-order valence-corrected chi connectivity index (χ0v) is 13.7. The van der Waals surface area contributed by atoms with E-state index >= 15 is 0 Å². The zero-order valence-electron chi connectivity index (χ0n) is 11.3. The number of aliphatic carboxylic acids is 1. The number of carbonyl (C=O) groups excluding carboxylic acids is 2. The van der Waals surface area contributed by atoms with E-state index in [1.807, 2.05) is 19.1 Å². The highest BCUT2D eigenvalue weighted by molar-refractivity contribution is 9.10. The Bertz CT molecular complexity index is 539. The van der Waals surface area contributed by atoms with E-state index in [4.69, 9.17) is 5.11 Å².